The topological polar surface area (TPSA) is 61.4 Å². The average molecular weight is 186 g/mol. The molecule has 0 bridgehead atoms. The molecule has 1 saturated carbocycles. The van der Waals surface area contributed by atoms with Crippen LogP contribution in [0.15, 0.2) is 0 Å². The van der Waals surface area contributed by atoms with Crippen molar-refractivity contribution in [3.05, 3.63) is 0 Å². The molecule has 1 aliphatic carbocycles. The highest BCUT2D eigenvalue weighted by atomic mass is 16.3. The van der Waals surface area contributed by atoms with Crippen LogP contribution in [0.5, 0.6) is 0 Å². The maximum atomic E-state index is 11.0. The van der Waals surface area contributed by atoms with Crippen molar-refractivity contribution in [3.8, 4) is 0 Å². The van der Waals surface area contributed by atoms with E-state index >= 15 is 0 Å². The SMILES string of the molecule is CNC(=O)NC1CCC(CO)CC1. The summed E-state index contributed by atoms with van der Waals surface area (Å²) in [5.41, 5.74) is 0. The smallest absolute Gasteiger partial charge is 0.314 e. The number of carbonyl (C=O) groups excluding carboxylic acids is 1. The molecule has 0 aromatic rings. The second-order valence-electron chi connectivity index (χ2n) is 3.62. The number of aliphatic hydroxyl groups excluding tert-OH is 1. The zero-order chi connectivity index (χ0) is 9.68. The number of urea groups is 1. The first-order chi connectivity index (χ1) is 6.26. The summed E-state index contributed by atoms with van der Waals surface area (Å²) in [4.78, 5) is 11.0. The molecule has 0 atom stereocenters. The first-order valence-electron chi connectivity index (χ1n) is 4.85. The van der Waals surface area contributed by atoms with Crippen molar-refractivity contribution in [2.45, 2.75) is 31.7 Å². The van der Waals surface area contributed by atoms with Gasteiger partial charge in [0.1, 0.15) is 0 Å². The van der Waals surface area contributed by atoms with E-state index in [0.717, 1.165) is 25.7 Å². The molecule has 2 amide bonds. The zero-order valence-corrected chi connectivity index (χ0v) is 8.05. The lowest BCUT2D eigenvalue weighted by atomic mass is 9.87. The van der Waals surface area contributed by atoms with Gasteiger partial charge in [-0.05, 0) is 31.6 Å². The fourth-order valence-corrected chi connectivity index (χ4v) is 1.75. The number of hydrogen-bond donors (Lipinski definition) is 3. The van der Waals surface area contributed by atoms with Crippen LogP contribution in [-0.2, 0) is 0 Å². The Kier molecular flexibility index (Phi) is 4.02. The van der Waals surface area contributed by atoms with Crippen LogP contribution in [0.4, 0.5) is 4.79 Å². The Balaban J connectivity index is 2.21. The molecule has 0 spiro atoms. The zero-order valence-electron chi connectivity index (χ0n) is 8.05. The minimum atomic E-state index is -0.104. The van der Waals surface area contributed by atoms with Crippen LogP contribution in [0.2, 0.25) is 0 Å². The van der Waals surface area contributed by atoms with Crippen LogP contribution in [0.1, 0.15) is 25.7 Å². The van der Waals surface area contributed by atoms with E-state index in [1.165, 1.54) is 0 Å². The molecule has 0 aromatic carbocycles. The molecule has 13 heavy (non-hydrogen) atoms. The molecule has 0 aromatic heterocycles. The van der Waals surface area contributed by atoms with E-state index < -0.39 is 0 Å². The predicted molar refractivity (Wildman–Crippen MR) is 50.4 cm³/mol. The van der Waals surface area contributed by atoms with Gasteiger partial charge in [-0.25, -0.2) is 4.79 Å². The molecule has 0 unspecified atom stereocenters. The van der Waals surface area contributed by atoms with Gasteiger partial charge >= 0.3 is 6.03 Å². The second kappa shape index (κ2) is 5.07. The Bertz CT molecular complexity index is 165. The van der Waals surface area contributed by atoms with Crippen LogP contribution in [0, 0.1) is 5.92 Å². The third kappa shape index (κ3) is 3.22. The highest BCUT2D eigenvalue weighted by molar-refractivity contribution is 5.73. The quantitative estimate of drug-likeness (QED) is 0.587. The molecule has 3 N–H and O–H groups in total. The molecule has 1 rings (SSSR count). The van der Waals surface area contributed by atoms with Gasteiger partial charge in [0.05, 0.1) is 0 Å². The monoisotopic (exact) mass is 186 g/mol. The van der Waals surface area contributed by atoms with Gasteiger partial charge in [-0.3, -0.25) is 0 Å². The van der Waals surface area contributed by atoms with Crippen LogP contribution >= 0.6 is 0 Å². The maximum absolute atomic E-state index is 11.0. The van der Waals surface area contributed by atoms with Gasteiger partial charge in [0.25, 0.3) is 0 Å². The van der Waals surface area contributed by atoms with E-state index in [1.54, 1.807) is 7.05 Å². The third-order valence-electron chi connectivity index (χ3n) is 2.67. The predicted octanol–water partition coefficient (Wildman–Crippen LogP) is 0.466. The van der Waals surface area contributed by atoms with E-state index in [2.05, 4.69) is 10.6 Å². The van der Waals surface area contributed by atoms with Gasteiger partial charge in [0, 0.05) is 19.7 Å². The van der Waals surface area contributed by atoms with Gasteiger partial charge in [-0.2, -0.15) is 0 Å². The lowest BCUT2D eigenvalue weighted by molar-refractivity contribution is 0.175. The molecule has 0 aliphatic heterocycles. The van der Waals surface area contributed by atoms with Crippen molar-refractivity contribution in [3.63, 3.8) is 0 Å². The van der Waals surface area contributed by atoms with Crippen molar-refractivity contribution < 1.29 is 9.90 Å². The normalized spacial score (nSPS) is 28.2. The number of carbonyl (C=O) groups is 1. The van der Waals surface area contributed by atoms with Crippen molar-refractivity contribution in [2.24, 2.45) is 5.92 Å². The molecule has 0 saturated heterocycles. The number of hydrogen-bond acceptors (Lipinski definition) is 2. The number of nitrogens with one attached hydrogen (secondary N) is 2. The molecular weight excluding hydrogens is 168 g/mol. The van der Waals surface area contributed by atoms with Gasteiger partial charge in [-0.15, -0.1) is 0 Å². The minimum Gasteiger partial charge on any atom is -0.396 e. The summed E-state index contributed by atoms with van der Waals surface area (Å²) in [7, 11) is 1.62. The number of aliphatic hydroxyl groups is 1. The largest absolute Gasteiger partial charge is 0.396 e. The number of amides is 2. The van der Waals surface area contributed by atoms with E-state index in [-0.39, 0.29) is 12.6 Å². The molecular formula is C9H18N2O2. The van der Waals surface area contributed by atoms with Crippen molar-refractivity contribution in [2.75, 3.05) is 13.7 Å². The van der Waals surface area contributed by atoms with Crippen molar-refractivity contribution >= 4 is 6.03 Å². The molecule has 4 heteroatoms. The fraction of sp³-hybridized carbons (Fsp3) is 0.889. The van der Waals surface area contributed by atoms with Crippen molar-refractivity contribution in [1.29, 1.82) is 0 Å². The van der Waals surface area contributed by atoms with Gasteiger partial charge in [-0.1, -0.05) is 0 Å². The lowest BCUT2D eigenvalue weighted by Gasteiger charge is -2.27. The molecule has 0 heterocycles. The summed E-state index contributed by atoms with van der Waals surface area (Å²) < 4.78 is 0. The third-order valence-corrected chi connectivity index (χ3v) is 2.67. The van der Waals surface area contributed by atoms with Crippen LogP contribution < -0.4 is 10.6 Å². The Morgan fingerprint density at radius 2 is 2.00 bits per heavy atom. The molecule has 76 valence electrons. The molecule has 1 aliphatic rings. The summed E-state index contributed by atoms with van der Waals surface area (Å²) >= 11 is 0. The highest BCUT2D eigenvalue weighted by Crippen LogP contribution is 2.23. The molecule has 4 nitrogen and oxygen atoms in total. The summed E-state index contributed by atoms with van der Waals surface area (Å²) in [6.07, 6.45) is 4.01. The Hall–Kier alpha value is -0.770. The first kappa shape index (κ1) is 10.3. The maximum Gasteiger partial charge on any atom is 0.314 e. The highest BCUT2D eigenvalue weighted by Gasteiger charge is 2.21. The van der Waals surface area contributed by atoms with Gasteiger partial charge < -0.3 is 15.7 Å². The van der Waals surface area contributed by atoms with Crippen LogP contribution in [0.3, 0.4) is 0 Å². The minimum absolute atomic E-state index is 0.104. The van der Waals surface area contributed by atoms with Crippen LogP contribution in [-0.4, -0.2) is 30.8 Å². The first-order valence-corrected chi connectivity index (χ1v) is 4.85. The molecule has 1 fully saturated rings. The van der Waals surface area contributed by atoms with E-state index in [1.807, 2.05) is 0 Å². The van der Waals surface area contributed by atoms with Gasteiger partial charge in [0.15, 0.2) is 0 Å². The van der Waals surface area contributed by atoms with Crippen LogP contribution in [0.25, 0.3) is 0 Å². The molecule has 0 radical (unpaired) electrons. The summed E-state index contributed by atoms with van der Waals surface area (Å²) in [6.45, 7) is 0.284. The van der Waals surface area contributed by atoms with Gasteiger partial charge in [0.2, 0.25) is 0 Å². The van der Waals surface area contributed by atoms with E-state index in [4.69, 9.17) is 5.11 Å². The lowest BCUT2D eigenvalue weighted by Crippen LogP contribution is -2.42. The average Bonchev–Trinajstić information content (AvgIpc) is 2.19. The Morgan fingerprint density at radius 1 is 1.38 bits per heavy atom. The standard InChI is InChI=1S/C9H18N2O2/c1-10-9(13)11-8-4-2-7(6-12)3-5-8/h7-8,12H,2-6H2,1H3,(H2,10,11,13). The number of rotatable bonds is 2. The fourth-order valence-electron chi connectivity index (χ4n) is 1.75. The summed E-state index contributed by atoms with van der Waals surface area (Å²) in [5.74, 6) is 0.447. The van der Waals surface area contributed by atoms with Crippen molar-refractivity contribution in [1.82, 2.24) is 10.6 Å². The Labute approximate surface area is 78.7 Å². The summed E-state index contributed by atoms with van der Waals surface area (Å²) in [5, 5.41) is 14.3. The Morgan fingerprint density at radius 3 is 2.46 bits per heavy atom. The second-order valence-corrected chi connectivity index (χ2v) is 3.62. The van der Waals surface area contributed by atoms with E-state index in [0.29, 0.717) is 12.0 Å². The summed E-state index contributed by atoms with van der Waals surface area (Å²) in [6, 6.07) is 0.190. The van der Waals surface area contributed by atoms with E-state index in [9.17, 15) is 4.79 Å².